The molecule has 0 radical (unpaired) electrons. The van der Waals surface area contributed by atoms with Gasteiger partial charge in [0.2, 0.25) is 0 Å². The summed E-state index contributed by atoms with van der Waals surface area (Å²) in [5.41, 5.74) is 8.04. The largest absolute Gasteiger partial charge is 0.383 e. The second-order valence-electron chi connectivity index (χ2n) is 4.45. The molecule has 1 aromatic carbocycles. The molecule has 21 heavy (non-hydrogen) atoms. The van der Waals surface area contributed by atoms with Crippen LogP contribution < -0.4 is 5.73 Å². The fourth-order valence-corrected chi connectivity index (χ4v) is 3.51. The zero-order valence-corrected chi connectivity index (χ0v) is 13.2. The Labute approximate surface area is 134 Å². The normalized spacial score (nSPS) is 11.0. The van der Waals surface area contributed by atoms with Gasteiger partial charge in [0.05, 0.1) is 20.5 Å². The summed E-state index contributed by atoms with van der Waals surface area (Å²) < 4.78 is 14.8. The second-order valence-corrected chi connectivity index (χ2v) is 6.18. The van der Waals surface area contributed by atoms with E-state index in [9.17, 15) is 4.39 Å². The van der Waals surface area contributed by atoms with E-state index in [0.29, 0.717) is 27.7 Å². The van der Waals surface area contributed by atoms with Crippen molar-refractivity contribution >= 4 is 40.4 Å². The van der Waals surface area contributed by atoms with Crippen molar-refractivity contribution < 1.29 is 4.39 Å². The van der Waals surface area contributed by atoms with Gasteiger partial charge in [-0.15, -0.1) is 11.3 Å². The van der Waals surface area contributed by atoms with Crippen molar-refractivity contribution in [1.82, 2.24) is 9.78 Å². The zero-order chi connectivity index (χ0) is 15.1. The summed E-state index contributed by atoms with van der Waals surface area (Å²) >= 11 is 13.8. The summed E-state index contributed by atoms with van der Waals surface area (Å²) in [7, 11) is 1.74. The van der Waals surface area contributed by atoms with Gasteiger partial charge in [0.1, 0.15) is 17.3 Å². The Morgan fingerprint density at radius 1 is 1.24 bits per heavy atom. The number of aromatic nitrogens is 2. The van der Waals surface area contributed by atoms with E-state index in [4.69, 9.17) is 28.9 Å². The Balaban J connectivity index is 2.30. The summed E-state index contributed by atoms with van der Waals surface area (Å²) in [5, 5.41) is 7.17. The van der Waals surface area contributed by atoms with E-state index in [1.54, 1.807) is 23.9 Å². The molecule has 0 aliphatic rings. The number of hydrogen-bond acceptors (Lipinski definition) is 3. The smallest absolute Gasteiger partial charge is 0.130 e. The van der Waals surface area contributed by atoms with Crippen LogP contribution in [0, 0.1) is 5.82 Å². The van der Waals surface area contributed by atoms with Crippen LogP contribution in [0.2, 0.25) is 10.0 Å². The molecule has 2 heterocycles. The number of nitrogens with two attached hydrogens (primary N) is 1. The molecular weight excluding hydrogens is 332 g/mol. The van der Waals surface area contributed by atoms with Crippen molar-refractivity contribution in [3.63, 3.8) is 0 Å². The molecule has 3 nitrogen and oxygen atoms in total. The van der Waals surface area contributed by atoms with Gasteiger partial charge in [0, 0.05) is 12.6 Å². The van der Waals surface area contributed by atoms with Crippen LogP contribution in [0.5, 0.6) is 0 Å². The molecule has 7 heteroatoms. The first-order chi connectivity index (χ1) is 9.99. The maximum atomic E-state index is 13.3. The number of hydrogen-bond donors (Lipinski definition) is 1. The summed E-state index contributed by atoms with van der Waals surface area (Å²) in [5.74, 6) is 0.0462. The van der Waals surface area contributed by atoms with Crippen LogP contribution in [0.25, 0.3) is 21.7 Å². The van der Waals surface area contributed by atoms with Crippen LogP contribution in [-0.4, -0.2) is 9.78 Å². The number of nitrogen functional groups attached to an aromatic ring is 1. The molecule has 2 N–H and O–H groups in total. The van der Waals surface area contributed by atoms with Crippen LogP contribution in [0.15, 0.2) is 29.6 Å². The molecule has 2 aromatic heterocycles. The van der Waals surface area contributed by atoms with Gasteiger partial charge in [-0.25, -0.2) is 4.39 Å². The van der Waals surface area contributed by atoms with E-state index in [1.165, 1.54) is 23.5 Å². The van der Waals surface area contributed by atoms with Crippen molar-refractivity contribution in [1.29, 1.82) is 0 Å². The van der Waals surface area contributed by atoms with Crippen LogP contribution in [0.4, 0.5) is 10.2 Å². The van der Waals surface area contributed by atoms with Crippen molar-refractivity contribution in [2.45, 2.75) is 0 Å². The minimum atomic E-state index is -0.401. The molecule has 0 spiro atoms. The average Bonchev–Trinajstić information content (AvgIpc) is 2.96. The molecule has 0 unspecified atom stereocenters. The van der Waals surface area contributed by atoms with Gasteiger partial charge in [-0.2, -0.15) is 5.10 Å². The molecule has 0 atom stereocenters. The quantitative estimate of drug-likeness (QED) is 0.724. The summed E-state index contributed by atoms with van der Waals surface area (Å²) in [6, 6.07) is 5.98. The Bertz CT molecular complexity index is 826. The van der Waals surface area contributed by atoms with Crippen molar-refractivity contribution in [2.24, 2.45) is 7.05 Å². The minimum absolute atomic E-state index is 0.281. The Kier molecular flexibility index (Phi) is 3.65. The first kappa shape index (κ1) is 14.4. The molecule has 3 aromatic rings. The topological polar surface area (TPSA) is 43.8 Å². The van der Waals surface area contributed by atoms with Gasteiger partial charge < -0.3 is 5.73 Å². The molecule has 0 saturated carbocycles. The van der Waals surface area contributed by atoms with E-state index in [1.807, 2.05) is 5.38 Å². The molecule has 3 rings (SSSR count). The third-order valence-electron chi connectivity index (χ3n) is 3.12. The lowest BCUT2D eigenvalue weighted by molar-refractivity contribution is 0.628. The minimum Gasteiger partial charge on any atom is -0.383 e. The zero-order valence-electron chi connectivity index (χ0n) is 10.9. The monoisotopic (exact) mass is 341 g/mol. The van der Waals surface area contributed by atoms with Crippen LogP contribution in [-0.2, 0) is 7.05 Å². The Morgan fingerprint density at radius 2 is 2.00 bits per heavy atom. The average molecular weight is 342 g/mol. The summed E-state index contributed by atoms with van der Waals surface area (Å²) in [4.78, 5) is 0.805. The number of aryl methyl sites for hydroxylation is 1. The SMILES string of the molecule is Cn1nc(-c2sccc2Cl)c(-c2ccc(F)cc2Cl)c1N. The van der Waals surface area contributed by atoms with Crippen molar-refractivity contribution in [3.05, 3.63) is 45.5 Å². The molecular formula is C14H10Cl2FN3S. The molecule has 108 valence electrons. The highest BCUT2D eigenvalue weighted by molar-refractivity contribution is 7.14. The Morgan fingerprint density at radius 3 is 2.62 bits per heavy atom. The predicted octanol–water partition coefficient (Wildman–Crippen LogP) is 4.84. The highest BCUT2D eigenvalue weighted by atomic mass is 35.5. The van der Waals surface area contributed by atoms with E-state index >= 15 is 0 Å². The fourth-order valence-electron chi connectivity index (χ4n) is 2.12. The number of nitrogens with zero attached hydrogens (tertiary/aromatic N) is 2. The standard InChI is InChI=1S/C14H10Cl2FN3S/c1-20-14(18)11(8-3-2-7(17)6-10(8)16)12(19-20)13-9(15)4-5-21-13/h2-6H,18H2,1H3. The fraction of sp³-hybridized carbons (Fsp3) is 0.0714. The van der Waals surface area contributed by atoms with Gasteiger partial charge in [-0.1, -0.05) is 23.2 Å². The van der Waals surface area contributed by atoms with Crippen molar-refractivity contribution in [2.75, 3.05) is 5.73 Å². The summed E-state index contributed by atoms with van der Waals surface area (Å²) in [6.45, 7) is 0. The summed E-state index contributed by atoms with van der Waals surface area (Å²) in [6.07, 6.45) is 0. The molecule has 0 aliphatic carbocycles. The van der Waals surface area contributed by atoms with E-state index < -0.39 is 5.82 Å². The van der Waals surface area contributed by atoms with E-state index in [2.05, 4.69) is 5.10 Å². The number of halogens is 3. The Hall–Kier alpha value is -1.56. The molecule has 0 aliphatic heterocycles. The number of benzene rings is 1. The molecule has 0 fully saturated rings. The maximum Gasteiger partial charge on any atom is 0.130 e. The maximum absolute atomic E-state index is 13.3. The van der Waals surface area contributed by atoms with Crippen LogP contribution in [0.1, 0.15) is 0 Å². The lowest BCUT2D eigenvalue weighted by Crippen LogP contribution is -1.98. The lowest BCUT2D eigenvalue weighted by atomic mass is 10.0. The third kappa shape index (κ3) is 2.41. The highest BCUT2D eigenvalue weighted by Crippen LogP contribution is 2.43. The van der Waals surface area contributed by atoms with Gasteiger partial charge in [0.25, 0.3) is 0 Å². The van der Waals surface area contributed by atoms with E-state index in [-0.39, 0.29) is 5.02 Å². The van der Waals surface area contributed by atoms with Gasteiger partial charge >= 0.3 is 0 Å². The first-order valence-electron chi connectivity index (χ1n) is 6.00. The number of rotatable bonds is 2. The number of anilines is 1. The predicted molar refractivity (Wildman–Crippen MR) is 86.3 cm³/mol. The number of thiophene rings is 1. The van der Waals surface area contributed by atoms with E-state index in [0.717, 1.165) is 4.88 Å². The van der Waals surface area contributed by atoms with Crippen LogP contribution in [0.3, 0.4) is 0 Å². The van der Waals surface area contributed by atoms with Gasteiger partial charge in [-0.05, 0) is 29.6 Å². The third-order valence-corrected chi connectivity index (χ3v) is 4.79. The first-order valence-corrected chi connectivity index (χ1v) is 7.64. The van der Waals surface area contributed by atoms with Crippen LogP contribution >= 0.6 is 34.5 Å². The highest BCUT2D eigenvalue weighted by Gasteiger charge is 2.22. The molecule has 0 amide bonds. The molecule has 0 saturated heterocycles. The molecule has 0 bridgehead atoms. The van der Waals surface area contributed by atoms with Gasteiger partial charge in [-0.3, -0.25) is 4.68 Å². The van der Waals surface area contributed by atoms with Crippen molar-refractivity contribution in [3.8, 4) is 21.7 Å². The van der Waals surface area contributed by atoms with Gasteiger partial charge in [0.15, 0.2) is 0 Å². The lowest BCUT2D eigenvalue weighted by Gasteiger charge is -2.06. The second kappa shape index (κ2) is 5.33.